The van der Waals surface area contributed by atoms with Gasteiger partial charge in [0.25, 0.3) is 5.91 Å². The Morgan fingerprint density at radius 1 is 1.13 bits per heavy atom. The summed E-state index contributed by atoms with van der Waals surface area (Å²) in [4.78, 5) is 39.4. The maximum Gasteiger partial charge on any atom is 0.259 e. The van der Waals surface area contributed by atoms with Crippen LogP contribution in [-0.2, 0) is 18.4 Å². The molecule has 2 aromatic carbocycles. The third-order valence-corrected chi connectivity index (χ3v) is 7.07. The number of H-pyrrole nitrogens is 1. The van der Waals surface area contributed by atoms with E-state index >= 15 is 0 Å². The number of hydrogen-bond acceptors (Lipinski definition) is 6. The summed E-state index contributed by atoms with van der Waals surface area (Å²) >= 11 is 0. The van der Waals surface area contributed by atoms with Gasteiger partial charge in [0.15, 0.2) is 11.6 Å². The fraction of sp³-hybridized carbons (Fsp3) is 0.167. The zero-order chi connectivity index (χ0) is 27.3. The molecule has 1 aliphatic heterocycles. The van der Waals surface area contributed by atoms with Gasteiger partial charge < -0.3 is 15.2 Å². The second-order valence-corrected chi connectivity index (χ2v) is 9.76. The fourth-order valence-electron chi connectivity index (χ4n) is 4.99. The molecule has 194 valence electrons. The minimum atomic E-state index is -0.0675. The molecule has 0 atom stereocenters. The van der Waals surface area contributed by atoms with Gasteiger partial charge in [-0.25, -0.2) is 9.97 Å². The van der Waals surface area contributed by atoms with E-state index in [4.69, 9.17) is 4.98 Å². The van der Waals surface area contributed by atoms with Crippen LogP contribution in [0.5, 0.6) is 0 Å². The standard InChI is InChI=1S/C30H27N7O2/c1-17-14-32-30(33-26-13-18(2)36(4)35-26)34-27(17)23-15-31-28-21(23)8-6-10-25(28)37-16-24-20(12-11-19(3)38)7-5-9-22(24)29(37)39/h5-15,31H,16H2,1-4H3,(H,32,33,34,35). The predicted molar refractivity (Wildman–Crippen MR) is 152 cm³/mol. The molecule has 1 amide bonds. The van der Waals surface area contributed by atoms with Crippen LogP contribution in [0.3, 0.4) is 0 Å². The summed E-state index contributed by atoms with van der Waals surface area (Å²) in [6.45, 7) is 5.89. The minimum absolute atomic E-state index is 0.0361. The Kier molecular flexibility index (Phi) is 5.83. The smallest absolute Gasteiger partial charge is 0.259 e. The average molecular weight is 518 g/mol. The number of nitrogens with zero attached hydrogens (tertiary/aromatic N) is 5. The number of carbonyl (C=O) groups excluding carboxylic acids is 2. The van der Waals surface area contributed by atoms with Crippen molar-refractivity contribution in [2.24, 2.45) is 7.05 Å². The van der Waals surface area contributed by atoms with E-state index in [2.05, 4.69) is 20.4 Å². The van der Waals surface area contributed by atoms with E-state index in [9.17, 15) is 9.59 Å². The molecule has 0 fully saturated rings. The normalized spacial score (nSPS) is 13.0. The Morgan fingerprint density at radius 3 is 2.72 bits per heavy atom. The molecule has 1 aliphatic rings. The Labute approximate surface area is 225 Å². The summed E-state index contributed by atoms with van der Waals surface area (Å²) in [7, 11) is 1.89. The van der Waals surface area contributed by atoms with Gasteiger partial charge >= 0.3 is 0 Å². The van der Waals surface area contributed by atoms with Gasteiger partial charge in [-0.15, -0.1) is 0 Å². The number of aromatic amines is 1. The highest BCUT2D eigenvalue weighted by Crippen LogP contribution is 2.38. The molecule has 9 nitrogen and oxygen atoms in total. The molecule has 3 aromatic heterocycles. The molecule has 5 aromatic rings. The van der Waals surface area contributed by atoms with Crippen LogP contribution in [0.15, 0.2) is 60.9 Å². The van der Waals surface area contributed by atoms with Gasteiger partial charge in [-0.05, 0) is 55.7 Å². The number of allylic oxidation sites excluding steroid dienone is 1. The molecule has 6 rings (SSSR count). The van der Waals surface area contributed by atoms with Crippen molar-refractivity contribution in [3.63, 3.8) is 0 Å². The Bertz CT molecular complexity index is 1790. The highest BCUT2D eigenvalue weighted by Gasteiger charge is 2.31. The van der Waals surface area contributed by atoms with Gasteiger partial charge in [0.2, 0.25) is 5.95 Å². The van der Waals surface area contributed by atoms with Crippen LogP contribution in [0, 0.1) is 13.8 Å². The summed E-state index contributed by atoms with van der Waals surface area (Å²) in [5.74, 6) is 1.03. The van der Waals surface area contributed by atoms with E-state index in [-0.39, 0.29) is 11.7 Å². The molecule has 0 saturated heterocycles. The first-order valence-corrected chi connectivity index (χ1v) is 12.6. The number of para-hydroxylation sites is 1. The van der Waals surface area contributed by atoms with Gasteiger partial charge in [-0.1, -0.05) is 30.3 Å². The molecule has 2 N–H and O–H groups in total. The molecule has 0 radical (unpaired) electrons. The highest BCUT2D eigenvalue weighted by atomic mass is 16.2. The number of amides is 1. The van der Waals surface area contributed by atoms with Crippen LogP contribution in [0.25, 0.3) is 28.2 Å². The largest absolute Gasteiger partial charge is 0.359 e. The number of carbonyl (C=O) groups is 2. The molecule has 0 saturated carbocycles. The van der Waals surface area contributed by atoms with Crippen molar-refractivity contribution in [2.75, 3.05) is 10.2 Å². The van der Waals surface area contributed by atoms with E-state index in [1.54, 1.807) is 21.9 Å². The zero-order valence-corrected chi connectivity index (χ0v) is 22.1. The lowest BCUT2D eigenvalue weighted by molar-refractivity contribution is -0.112. The first-order valence-electron chi connectivity index (χ1n) is 12.6. The van der Waals surface area contributed by atoms with Gasteiger partial charge in [-0.2, -0.15) is 5.10 Å². The van der Waals surface area contributed by atoms with Crippen molar-refractivity contribution in [3.05, 3.63) is 88.9 Å². The summed E-state index contributed by atoms with van der Waals surface area (Å²) in [6.07, 6.45) is 7.02. The first kappa shape index (κ1) is 24.3. The van der Waals surface area contributed by atoms with Crippen LogP contribution in [-0.4, -0.2) is 36.4 Å². The topological polar surface area (TPSA) is 109 Å². The van der Waals surface area contributed by atoms with Gasteiger partial charge in [-0.3, -0.25) is 14.3 Å². The number of aryl methyl sites for hydroxylation is 3. The Hall–Kier alpha value is -5.05. The number of fused-ring (bicyclic) bond motifs is 2. The summed E-state index contributed by atoms with van der Waals surface area (Å²) in [5, 5.41) is 8.58. The maximum absolute atomic E-state index is 13.5. The lowest BCUT2D eigenvalue weighted by Crippen LogP contribution is -2.23. The molecule has 0 spiro atoms. The lowest BCUT2D eigenvalue weighted by Gasteiger charge is -2.17. The highest BCUT2D eigenvalue weighted by molar-refractivity contribution is 6.15. The number of ketones is 1. The Morgan fingerprint density at radius 2 is 1.95 bits per heavy atom. The number of nitrogens with one attached hydrogen (secondary N) is 2. The second kappa shape index (κ2) is 9.36. The van der Waals surface area contributed by atoms with Crippen LogP contribution in [0.2, 0.25) is 0 Å². The quantitative estimate of drug-likeness (QED) is 0.289. The maximum atomic E-state index is 13.5. The third kappa shape index (κ3) is 4.27. The van der Waals surface area contributed by atoms with Crippen LogP contribution >= 0.6 is 0 Å². The van der Waals surface area contributed by atoms with E-state index in [1.165, 1.54) is 13.0 Å². The SMILES string of the molecule is CC(=O)C=Cc1cccc2c1CN(c1cccc3c(-c4nc(Nc5cc(C)n(C)n5)ncc4C)c[nH]c13)C2=O. The number of anilines is 3. The van der Waals surface area contributed by atoms with E-state index in [0.717, 1.165) is 50.2 Å². The summed E-state index contributed by atoms with van der Waals surface area (Å²) in [5.41, 5.74) is 7.73. The van der Waals surface area contributed by atoms with Gasteiger partial charge in [0.05, 0.1) is 23.4 Å². The van der Waals surface area contributed by atoms with Crippen molar-refractivity contribution in [3.8, 4) is 11.3 Å². The van der Waals surface area contributed by atoms with Gasteiger partial charge in [0.1, 0.15) is 0 Å². The molecule has 4 heterocycles. The first-order chi connectivity index (χ1) is 18.8. The number of rotatable bonds is 6. The lowest BCUT2D eigenvalue weighted by atomic mass is 10.0. The van der Waals surface area contributed by atoms with E-state index in [0.29, 0.717) is 23.9 Å². The summed E-state index contributed by atoms with van der Waals surface area (Å²) < 4.78 is 1.79. The van der Waals surface area contributed by atoms with Crippen molar-refractivity contribution in [1.29, 1.82) is 0 Å². The van der Waals surface area contributed by atoms with E-state index in [1.807, 2.05) is 69.6 Å². The number of hydrogen-bond donors (Lipinski definition) is 2. The molecule has 9 heteroatoms. The van der Waals surface area contributed by atoms with Crippen molar-refractivity contribution < 1.29 is 9.59 Å². The molecule has 0 unspecified atom stereocenters. The zero-order valence-electron chi connectivity index (χ0n) is 22.1. The van der Waals surface area contributed by atoms with Crippen molar-refractivity contribution >= 4 is 46.1 Å². The van der Waals surface area contributed by atoms with Crippen LogP contribution in [0.1, 0.15) is 39.7 Å². The van der Waals surface area contributed by atoms with Crippen LogP contribution in [0.4, 0.5) is 17.5 Å². The van der Waals surface area contributed by atoms with E-state index < -0.39 is 0 Å². The molecular weight excluding hydrogens is 490 g/mol. The number of aromatic nitrogens is 5. The third-order valence-electron chi connectivity index (χ3n) is 7.07. The fourth-order valence-corrected chi connectivity index (χ4v) is 4.99. The summed E-state index contributed by atoms with van der Waals surface area (Å²) in [6, 6.07) is 13.5. The van der Waals surface area contributed by atoms with Gasteiger partial charge in [0, 0.05) is 47.7 Å². The minimum Gasteiger partial charge on any atom is -0.359 e. The number of benzene rings is 2. The van der Waals surface area contributed by atoms with Crippen LogP contribution < -0.4 is 10.2 Å². The molecule has 0 aliphatic carbocycles. The predicted octanol–water partition coefficient (Wildman–Crippen LogP) is 5.48. The monoisotopic (exact) mass is 517 g/mol. The Balaban J connectivity index is 1.37. The molecule has 0 bridgehead atoms. The van der Waals surface area contributed by atoms with Crippen molar-refractivity contribution in [1.82, 2.24) is 24.7 Å². The average Bonchev–Trinajstić information content (AvgIpc) is 3.59. The van der Waals surface area contributed by atoms with Crippen molar-refractivity contribution in [2.45, 2.75) is 27.3 Å². The second-order valence-electron chi connectivity index (χ2n) is 9.76. The molecule has 39 heavy (non-hydrogen) atoms. The molecular formula is C30H27N7O2.